The largest absolute Gasteiger partial charge is 0.490 e. The average Bonchev–Trinajstić information content (AvgIpc) is 3.25. The fourth-order valence-corrected chi connectivity index (χ4v) is 6.21. The maximum absolute atomic E-state index is 15.1. The maximum Gasteiger partial charge on any atom is 0.272 e. The van der Waals surface area contributed by atoms with E-state index in [1.807, 2.05) is 12.1 Å². The Hall–Kier alpha value is -4.85. The molecule has 1 amide bonds. The highest BCUT2D eigenvalue weighted by molar-refractivity contribution is 5.95. The molecule has 11 heteroatoms. The smallest absolute Gasteiger partial charge is 0.272 e. The first-order valence-corrected chi connectivity index (χ1v) is 14.2. The number of nitrogens with one attached hydrogen (secondary N) is 1. The zero-order valence-corrected chi connectivity index (χ0v) is 22.8. The second-order valence-electron chi connectivity index (χ2n) is 11.3. The van der Waals surface area contributed by atoms with Crippen molar-refractivity contribution < 1.29 is 13.9 Å². The third-order valence-electron chi connectivity index (χ3n) is 8.59. The molecule has 212 valence electrons. The van der Waals surface area contributed by atoms with E-state index >= 15 is 4.39 Å². The summed E-state index contributed by atoms with van der Waals surface area (Å²) in [6, 6.07) is 12.0. The van der Waals surface area contributed by atoms with E-state index in [2.05, 4.69) is 25.1 Å². The number of fused-ring (bicyclic) bond motifs is 3. The molecule has 4 heterocycles. The van der Waals surface area contributed by atoms with Gasteiger partial charge in [-0.3, -0.25) is 9.59 Å². The number of piperazine rings is 1. The Morgan fingerprint density at radius 1 is 1.05 bits per heavy atom. The summed E-state index contributed by atoms with van der Waals surface area (Å²) in [6.45, 7) is 0.858. The number of aromatic amines is 1. The minimum atomic E-state index is -0.579. The molecule has 0 spiro atoms. The number of amides is 1. The Morgan fingerprint density at radius 3 is 2.50 bits per heavy atom. The topological polar surface area (TPSA) is 128 Å². The van der Waals surface area contributed by atoms with Crippen LogP contribution in [0.1, 0.15) is 59.3 Å². The summed E-state index contributed by atoms with van der Waals surface area (Å²) in [5.74, 6) is 0.297. The lowest BCUT2D eigenvalue weighted by atomic mass is 9.96. The number of nitrogens with zero attached hydrogens (tertiary/aromatic N) is 6. The van der Waals surface area contributed by atoms with Gasteiger partial charge in [0.05, 0.1) is 40.7 Å². The van der Waals surface area contributed by atoms with E-state index in [0.717, 1.165) is 32.1 Å². The van der Waals surface area contributed by atoms with Gasteiger partial charge >= 0.3 is 0 Å². The molecule has 1 aliphatic carbocycles. The number of halogens is 1. The molecule has 0 radical (unpaired) electrons. The molecule has 10 nitrogen and oxygen atoms in total. The monoisotopic (exact) mass is 565 g/mol. The highest BCUT2D eigenvalue weighted by Gasteiger charge is 2.43. The Kier molecular flexibility index (Phi) is 6.53. The van der Waals surface area contributed by atoms with E-state index in [1.54, 1.807) is 29.2 Å². The number of H-pyrrole nitrogens is 1. The predicted molar refractivity (Wildman–Crippen MR) is 152 cm³/mol. The van der Waals surface area contributed by atoms with Gasteiger partial charge < -0.3 is 14.5 Å². The third kappa shape index (κ3) is 4.72. The van der Waals surface area contributed by atoms with Crippen LogP contribution in [0, 0.1) is 17.1 Å². The minimum Gasteiger partial charge on any atom is -0.490 e. The van der Waals surface area contributed by atoms with E-state index in [0.29, 0.717) is 58.8 Å². The van der Waals surface area contributed by atoms with Crippen molar-refractivity contribution >= 4 is 22.6 Å². The number of hydrogen-bond acceptors (Lipinski definition) is 8. The van der Waals surface area contributed by atoms with Gasteiger partial charge in [-0.2, -0.15) is 10.4 Å². The highest BCUT2D eigenvalue weighted by atomic mass is 19.1. The van der Waals surface area contributed by atoms with Crippen LogP contribution < -0.4 is 15.2 Å². The third-order valence-corrected chi connectivity index (χ3v) is 8.59. The highest BCUT2D eigenvalue weighted by Crippen LogP contribution is 2.34. The number of rotatable bonds is 6. The van der Waals surface area contributed by atoms with Crippen LogP contribution in [0.3, 0.4) is 0 Å². The summed E-state index contributed by atoms with van der Waals surface area (Å²) < 4.78 is 21.1. The Balaban J connectivity index is 1.12. The first-order valence-electron chi connectivity index (χ1n) is 14.2. The molecule has 2 aliphatic heterocycles. The lowest BCUT2D eigenvalue weighted by molar-refractivity contribution is 0.0712. The average molecular weight is 566 g/mol. The fourth-order valence-electron chi connectivity index (χ4n) is 6.21. The Morgan fingerprint density at radius 2 is 1.81 bits per heavy atom. The molecule has 2 bridgehead atoms. The molecule has 3 aliphatic rings. The Bertz CT molecular complexity index is 1770. The first kappa shape index (κ1) is 26.1. The van der Waals surface area contributed by atoms with Crippen molar-refractivity contribution in [3.8, 4) is 11.8 Å². The molecule has 42 heavy (non-hydrogen) atoms. The van der Waals surface area contributed by atoms with E-state index in [1.165, 1.54) is 18.5 Å². The first-order chi connectivity index (χ1) is 20.5. The molecule has 1 saturated carbocycles. The maximum atomic E-state index is 15.1. The summed E-state index contributed by atoms with van der Waals surface area (Å²) in [5, 5.41) is 17.1. The van der Waals surface area contributed by atoms with Gasteiger partial charge in [0.15, 0.2) is 0 Å². The molecule has 1 N–H and O–H groups in total. The van der Waals surface area contributed by atoms with Crippen LogP contribution in [0.5, 0.6) is 5.75 Å². The van der Waals surface area contributed by atoms with E-state index in [9.17, 15) is 9.59 Å². The minimum absolute atomic E-state index is 0.0118. The number of carbonyl (C=O) groups is 1. The molecule has 2 atom stereocenters. The lowest BCUT2D eigenvalue weighted by Gasteiger charge is -2.41. The number of aromatic nitrogens is 4. The molecule has 2 aromatic heterocycles. The van der Waals surface area contributed by atoms with Crippen molar-refractivity contribution in [2.24, 2.45) is 0 Å². The summed E-state index contributed by atoms with van der Waals surface area (Å²) in [4.78, 5) is 38.6. The van der Waals surface area contributed by atoms with Gasteiger partial charge in [-0.25, -0.2) is 19.5 Å². The van der Waals surface area contributed by atoms with Crippen LogP contribution in [-0.2, 0) is 6.42 Å². The van der Waals surface area contributed by atoms with Crippen LogP contribution in [0.25, 0.3) is 10.8 Å². The second-order valence-corrected chi connectivity index (χ2v) is 11.3. The summed E-state index contributed by atoms with van der Waals surface area (Å²) >= 11 is 0. The molecule has 3 fully saturated rings. The van der Waals surface area contributed by atoms with Gasteiger partial charge in [0.1, 0.15) is 17.6 Å². The molecular formula is C31H28FN7O3. The molecule has 0 unspecified atom stereocenters. The van der Waals surface area contributed by atoms with Crippen molar-refractivity contribution in [1.82, 2.24) is 25.1 Å². The van der Waals surface area contributed by atoms with E-state index < -0.39 is 5.82 Å². The van der Waals surface area contributed by atoms with Gasteiger partial charge in [-0.05, 0) is 68.0 Å². The number of anilines is 1. The molecule has 2 saturated heterocycles. The van der Waals surface area contributed by atoms with Crippen molar-refractivity contribution in [1.29, 1.82) is 5.26 Å². The zero-order chi connectivity index (χ0) is 28.8. The second kappa shape index (κ2) is 10.5. The van der Waals surface area contributed by atoms with Crippen molar-refractivity contribution in [3.05, 3.63) is 87.3 Å². The number of nitriles is 1. The van der Waals surface area contributed by atoms with Gasteiger partial charge in [0.2, 0.25) is 5.95 Å². The van der Waals surface area contributed by atoms with Gasteiger partial charge in [-0.15, -0.1) is 0 Å². The number of benzene rings is 2. The Labute approximate surface area is 240 Å². The van der Waals surface area contributed by atoms with Crippen LogP contribution in [-0.4, -0.2) is 62.2 Å². The molecule has 2 aromatic carbocycles. The van der Waals surface area contributed by atoms with Crippen molar-refractivity contribution in [2.75, 3.05) is 18.0 Å². The molecular weight excluding hydrogens is 537 g/mol. The standard InChI is InChI=1S/C31H28FN7O3/c32-27-9-4-18(11-28-25-12-23(42-22-2-1-3-22)7-8-24(25)29(40)37-36-28)10-26(27)30(41)38-16-20-5-6-21(17-38)39(20)31-34-14-19(13-33)15-35-31/h4,7-10,12,14-15,20-22H,1-3,5-6,11,16-17H2,(H,37,40)/t20-,21+. The van der Waals surface area contributed by atoms with Gasteiger partial charge in [0.25, 0.3) is 11.5 Å². The number of likely N-dealkylation sites (tertiary alicyclic amines) is 1. The van der Waals surface area contributed by atoms with Crippen molar-refractivity contribution in [2.45, 2.75) is 56.7 Å². The molecule has 4 aromatic rings. The fraction of sp³-hybridized carbons (Fsp3) is 0.355. The van der Waals surface area contributed by atoms with Crippen LogP contribution in [0.4, 0.5) is 10.3 Å². The number of hydrogen-bond donors (Lipinski definition) is 1. The molecule has 7 rings (SSSR count). The van der Waals surface area contributed by atoms with E-state index in [4.69, 9.17) is 10.00 Å². The normalized spacial score (nSPS) is 19.9. The predicted octanol–water partition coefficient (Wildman–Crippen LogP) is 3.74. The van der Waals surface area contributed by atoms with Crippen LogP contribution in [0.15, 0.2) is 53.6 Å². The van der Waals surface area contributed by atoms with Gasteiger partial charge in [-0.1, -0.05) is 6.07 Å². The van der Waals surface area contributed by atoms with Gasteiger partial charge in [0, 0.05) is 37.0 Å². The summed E-state index contributed by atoms with van der Waals surface area (Å²) in [5.41, 5.74) is 1.43. The number of ether oxygens (including phenoxy) is 1. The summed E-state index contributed by atoms with van der Waals surface area (Å²) in [7, 11) is 0. The quantitative estimate of drug-likeness (QED) is 0.375. The summed E-state index contributed by atoms with van der Waals surface area (Å²) in [6.07, 6.45) is 8.44. The lowest BCUT2D eigenvalue weighted by Crippen LogP contribution is -2.56. The zero-order valence-electron chi connectivity index (χ0n) is 22.8. The SMILES string of the molecule is N#Cc1cnc(N2[C@@H]3CC[C@H]2CN(C(=O)c2cc(Cc4n[nH]c(=O)c5ccc(OC6CCC6)cc45)ccc2F)C3)nc1. The van der Waals surface area contributed by atoms with Crippen molar-refractivity contribution in [3.63, 3.8) is 0 Å². The van der Waals surface area contributed by atoms with Crippen LogP contribution >= 0.6 is 0 Å². The number of carbonyl (C=O) groups excluding carboxylic acids is 1. The van der Waals surface area contributed by atoms with E-state index in [-0.39, 0.29) is 35.2 Å². The van der Waals surface area contributed by atoms with Crippen LogP contribution in [0.2, 0.25) is 0 Å².